The summed E-state index contributed by atoms with van der Waals surface area (Å²) < 4.78 is 141. The fraction of sp³-hybridized carbons (Fsp3) is 0.0769. The van der Waals surface area contributed by atoms with E-state index in [4.69, 9.17) is 4.74 Å². The number of carbonyl (C=O) groups is 3. The summed E-state index contributed by atoms with van der Waals surface area (Å²) in [5, 5.41) is 61.0. The Morgan fingerprint density at radius 2 is 1.31 bits per heavy atom. The van der Waals surface area contributed by atoms with E-state index in [0.717, 1.165) is 74.7 Å². The minimum absolute atomic E-state index is 0.0939. The maximum Gasteiger partial charge on any atom is 0.355 e. The lowest BCUT2D eigenvalue weighted by Crippen LogP contribution is -2.33. The van der Waals surface area contributed by atoms with Gasteiger partial charge in [0.05, 0.1) is 45.0 Å². The second-order valence-electron chi connectivity index (χ2n) is 14.5. The van der Waals surface area contributed by atoms with Crippen molar-refractivity contribution >= 4 is 125 Å². The Bertz CT molecular complexity index is 3900. The molecule has 368 valence electrons. The molecule has 28 nitrogen and oxygen atoms in total. The molecular weight excluding hydrogens is 1030 g/mol. The number of phenolic OH excluding ortho intramolecular Hbond substituents is 2. The van der Waals surface area contributed by atoms with Gasteiger partial charge in [0.25, 0.3) is 46.4 Å². The molecular formula is C39H29N9O19S4. The molecule has 1 aliphatic rings. The predicted molar refractivity (Wildman–Crippen MR) is 243 cm³/mol. The Balaban J connectivity index is 1.24. The summed E-state index contributed by atoms with van der Waals surface area (Å²) >= 11 is 0. The predicted octanol–water partition coefficient (Wildman–Crippen LogP) is 6.13. The van der Waals surface area contributed by atoms with Crippen LogP contribution in [0.5, 0.6) is 17.2 Å². The number of hydrogen-bond donors (Lipinski definition) is 8. The van der Waals surface area contributed by atoms with E-state index in [9.17, 15) is 81.6 Å². The van der Waals surface area contributed by atoms with Crippen molar-refractivity contribution in [2.75, 3.05) is 17.4 Å². The highest BCUT2D eigenvalue weighted by Gasteiger charge is 2.41. The number of hydrogen-bond acceptors (Lipinski definition) is 21. The van der Waals surface area contributed by atoms with Crippen molar-refractivity contribution in [1.82, 2.24) is 0 Å². The molecule has 0 bridgehead atoms. The van der Waals surface area contributed by atoms with Gasteiger partial charge in [-0.25, -0.2) is 4.79 Å². The number of fused-ring (bicyclic) bond motifs is 2. The number of amides is 2. The zero-order valence-corrected chi connectivity index (χ0v) is 38.7. The van der Waals surface area contributed by atoms with Crippen molar-refractivity contribution in [2.45, 2.75) is 32.5 Å². The number of anilines is 2. The molecule has 71 heavy (non-hydrogen) atoms. The van der Waals surface area contributed by atoms with Crippen LogP contribution in [0.2, 0.25) is 0 Å². The molecule has 6 aromatic rings. The summed E-state index contributed by atoms with van der Waals surface area (Å²) in [4.78, 5) is 34.2. The molecule has 0 aliphatic carbocycles. The van der Waals surface area contributed by atoms with E-state index in [1.807, 2.05) is 0 Å². The van der Waals surface area contributed by atoms with Crippen molar-refractivity contribution in [3.8, 4) is 17.2 Å². The molecule has 2 amide bonds. The molecule has 1 atom stereocenters. The van der Waals surface area contributed by atoms with Gasteiger partial charge in [-0.15, -0.1) is 20.5 Å². The van der Waals surface area contributed by atoms with Gasteiger partial charge in [-0.3, -0.25) is 27.8 Å². The van der Waals surface area contributed by atoms with Gasteiger partial charge in [-0.1, -0.05) is 0 Å². The van der Waals surface area contributed by atoms with Gasteiger partial charge < -0.3 is 25.4 Å². The van der Waals surface area contributed by atoms with Crippen LogP contribution in [-0.2, 0) is 54.9 Å². The number of ether oxygens (including phenoxy) is 1. The second-order valence-corrected chi connectivity index (χ2v) is 20.1. The Kier molecular flexibility index (Phi) is 13.3. The number of nitrogens with one attached hydrogen (secondary N) is 1. The number of benzene rings is 6. The van der Waals surface area contributed by atoms with E-state index in [1.54, 1.807) is 0 Å². The lowest BCUT2D eigenvalue weighted by molar-refractivity contribution is -0.130. The third-order valence-electron chi connectivity index (χ3n) is 9.82. The fourth-order valence-electron chi connectivity index (χ4n) is 6.70. The Morgan fingerprint density at radius 3 is 1.90 bits per heavy atom. The summed E-state index contributed by atoms with van der Waals surface area (Å²) in [6.45, 7) is 1.10. The third kappa shape index (κ3) is 10.5. The van der Waals surface area contributed by atoms with Crippen molar-refractivity contribution in [2.24, 2.45) is 35.8 Å². The molecule has 1 unspecified atom stereocenters. The fourth-order valence-corrected chi connectivity index (χ4v) is 9.05. The zero-order valence-electron chi connectivity index (χ0n) is 35.4. The van der Waals surface area contributed by atoms with Crippen LogP contribution in [0, 0.1) is 0 Å². The number of aliphatic carboxylic acids is 1. The molecule has 6 aromatic carbocycles. The molecule has 0 radical (unpaired) electrons. The Labute approximate surface area is 398 Å². The molecule has 1 aliphatic heterocycles. The van der Waals surface area contributed by atoms with Crippen LogP contribution in [0.3, 0.4) is 0 Å². The third-order valence-corrected chi connectivity index (χ3v) is 13.3. The van der Waals surface area contributed by atoms with E-state index >= 15 is 0 Å². The van der Waals surface area contributed by atoms with Crippen LogP contribution in [0.4, 0.5) is 39.8 Å². The average Bonchev–Trinajstić information content (AvgIpc) is 3.61. The quantitative estimate of drug-likeness (QED) is 0.0449. The Morgan fingerprint density at radius 1 is 0.676 bits per heavy atom. The monoisotopic (exact) mass is 1060 g/mol. The lowest BCUT2D eigenvalue weighted by Gasteiger charge is -2.12. The number of carbonyl (C=O) groups excluding carboxylic acids is 2. The standard InChI is InChI=1S/C39H29N9O19S4/c1-17(49)40-26-15-28(30(67-2)16-27(26)43-42-25-9-10-31(70(61,62)63)24-13-22(69(58,59)60)14-29(50)33(24)25)44-45-34-32(71(64,65)66)12-18-11-19(3-8-23(18)37(34)51)41-46-35-36(39(53)54)47-48(38(35)52)20-4-6-21(7-5-20)68(55,56)57/h3-16,35,50-51H,1-2H3,(H,40,49)(H,53,54)(H,55,56,57)(H,58,59,60)(H,61,62,63)(H,64,65,66)/b43-42+,45-44+,46-41+. The SMILES string of the molecule is COc1cc(/N=N/c2ccc(S(=O)(=O)O)c3cc(S(=O)(=O)O)cc(O)c23)c(NC(C)=O)cc1/N=N/c1c(S(=O)(=O)O)cc2cc(/N=N/C3C(=O)N(c4ccc(S(=O)(=O)O)cc4)N=C3C(=O)O)ccc2c1O. The topological polar surface area (TPSA) is 440 Å². The maximum absolute atomic E-state index is 13.3. The highest BCUT2D eigenvalue weighted by Crippen LogP contribution is 2.46. The number of carboxylic acid groups (broad SMARTS) is 1. The van der Waals surface area contributed by atoms with Crippen molar-refractivity contribution in [1.29, 1.82) is 0 Å². The number of hydrazone groups is 1. The number of carboxylic acids is 1. The normalized spacial score (nSPS) is 14.8. The largest absolute Gasteiger partial charge is 0.507 e. The van der Waals surface area contributed by atoms with E-state index in [2.05, 4.69) is 41.1 Å². The van der Waals surface area contributed by atoms with Gasteiger partial charge >= 0.3 is 5.97 Å². The van der Waals surface area contributed by atoms with Crippen LogP contribution < -0.4 is 15.1 Å². The van der Waals surface area contributed by atoms with Crippen molar-refractivity contribution in [3.63, 3.8) is 0 Å². The van der Waals surface area contributed by atoms with Crippen LogP contribution in [0.25, 0.3) is 21.5 Å². The molecule has 0 aromatic heterocycles. The van der Waals surface area contributed by atoms with Crippen molar-refractivity contribution in [3.05, 3.63) is 84.9 Å². The van der Waals surface area contributed by atoms with E-state index in [0.29, 0.717) is 17.1 Å². The van der Waals surface area contributed by atoms with Crippen LogP contribution in [0.15, 0.2) is 140 Å². The van der Waals surface area contributed by atoms with Gasteiger partial charge in [-0.05, 0) is 78.2 Å². The number of rotatable bonds is 14. The first-order valence-corrected chi connectivity index (χ1v) is 24.8. The van der Waals surface area contributed by atoms with Gasteiger partial charge in [-0.2, -0.15) is 54.0 Å². The molecule has 0 spiro atoms. The molecule has 8 N–H and O–H groups in total. The first-order chi connectivity index (χ1) is 33.1. The van der Waals surface area contributed by atoms with Gasteiger partial charge in [0.2, 0.25) is 11.9 Å². The summed E-state index contributed by atoms with van der Waals surface area (Å²) in [5.74, 6) is -5.38. The van der Waals surface area contributed by atoms with Crippen LogP contribution in [0.1, 0.15) is 6.92 Å². The van der Waals surface area contributed by atoms with E-state index < -0.39 is 118 Å². The molecule has 0 saturated heterocycles. The number of aromatic hydroxyl groups is 2. The summed E-state index contributed by atoms with van der Waals surface area (Å²) in [6.07, 6.45) is 0. The lowest BCUT2D eigenvalue weighted by atomic mass is 10.1. The summed E-state index contributed by atoms with van der Waals surface area (Å²) in [5.41, 5.74) is -2.84. The van der Waals surface area contributed by atoms with Gasteiger partial charge in [0, 0.05) is 29.8 Å². The van der Waals surface area contributed by atoms with Crippen LogP contribution >= 0.6 is 0 Å². The molecule has 0 saturated carbocycles. The highest BCUT2D eigenvalue weighted by atomic mass is 32.2. The van der Waals surface area contributed by atoms with Gasteiger partial charge in [0.1, 0.15) is 38.4 Å². The van der Waals surface area contributed by atoms with Gasteiger partial charge in [0.15, 0.2) is 11.5 Å². The number of phenols is 2. The van der Waals surface area contributed by atoms with E-state index in [-0.39, 0.29) is 50.6 Å². The molecule has 1 heterocycles. The smallest absolute Gasteiger partial charge is 0.355 e. The maximum atomic E-state index is 13.3. The number of azo groups is 3. The number of nitrogens with zero attached hydrogens (tertiary/aromatic N) is 8. The molecule has 32 heteroatoms. The van der Waals surface area contributed by atoms with Crippen LogP contribution in [-0.4, -0.2) is 104 Å². The zero-order chi connectivity index (χ0) is 52.1. The highest BCUT2D eigenvalue weighted by molar-refractivity contribution is 7.86. The first-order valence-electron chi connectivity index (χ1n) is 19.1. The van der Waals surface area contributed by atoms with E-state index in [1.165, 1.54) is 12.1 Å². The molecule has 0 fully saturated rings. The molecule has 7 rings (SSSR count). The van der Waals surface area contributed by atoms with Crippen molar-refractivity contribution < 1.29 is 86.3 Å². The summed E-state index contributed by atoms with van der Waals surface area (Å²) in [7, 11) is -18.8. The number of methoxy groups -OCH3 is 1. The summed E-state index contributed by atoms with van der Waals surface area (Å²) in [6, 6.07) is 11.8. The Hall–Kier alpha value is -8.24. The minimum atomic E-state index is -5.25. The minimum Gasteiger partial charge on any atom is -0.507 e. The average molecular weight is 1060 g/mol. The second kappa shape index (κ2) is 18.6. The first kappa shape index (κ1) is 50.6.